The number of carbonyl (C=O) groups excluding carboxylic acids is 8. The van der Waals surface area contributed by atoms with Crippen LogP contribution in [0.2, 0.25) is 0 Å². The van der Waals surface area contributed by atoms with Crippen molar-refractivity contribution in [3.05, 3.63) is 48.6 Å². The molecule has 0 saturated carbocycles. The molecule has 3 aliphatic rings. The number of nitrogens with two attached hydrogens (primary N) is 2. The Morgan fingerprint density at radius 3 is 1.25 bits per heavy atom. The van der Waals surface area contributed by atoms with Crippen LogP contribution >= 0.6 is 11.6 Å². The van der Waals surface area contributed by atoms with Crippen LogP contribution in [0.4, 0.5) is 14.4 Å². The second-order valence-electron chi connectivity index (χ2n) is 13.6. The fourth-order valence-electron chi connectivity index (χ4n) is 3.76. The van der Waals surface area contributed by atoms with Crippen LogP contribution in [0, 0.1) is 0 Å². The fraction of sp³-hybridized carbons (Fsp3) is 0.610. The molecule has 24 nitrogen and oxygen atoms in total. The summed E-state index contributed by atoms with van der Waals surface area (Å²) in [5, 5.41) is 27.1. The molecule has 67 heavy (non-hydrogen) atoms. The molecule has 10 N–H and O–H groups in total. The van der Waals surface area contributed by atoms with Crippen molar-refractivity contribution in [3.63, 3.8) is 0 Å². The Bertz CT molecular complexity index is 1510. The molecule has 3 saturated heterocycles. The zero-order chi connectivity index (χ0) is 51.9. The van der Waals surface area contributed by atoms with E-state index in [4.69, 9.17) is 52.2 Å². The minimum Gasteiger partial charge on any atom is -0.466 e. The normalized spacial score (nSPS) is 13.9. The van der Waals surface area contributed by atoms with Crippen molar-refractivity contribution in [2.45, 2.75) is 72.9 Å². The van der Waals surface area contributed by atoms with Crippen LogP contribution in [0.1, 0.15) is 48.5 Å². The summed E-state index contributed by atoms with van der Waals surface area (Å²) in [7, 11) is 2.99. The van der Waals surface area contributed by atoms with E-state index in [2.05, 4.69) is 57.1 Å². The van der Waals surface area contributed by atoms with Crippen molar-refractivity contribution in [1.82, 2.24) is 31.1 Å². The molecular weight excluding hydrogens is 985 g/mol. The maximum Gasteiger partial charge on any atom is 0.340 e. The number of urea groups is 3. The summed E-state index contributed by atoms with van der Waals surface area (Å²) < 4.78 is 28.9. The van der Waals surface area contributed by atoms with Gasteiger partial charge in [-0.3, -0.25) is 14.6 Å². The second kappa shape index (κ2) is 44.0. The van der Waals surface area contributed by atoms with Crippen LogP contribution in [-0.2, 0) is 85.1 Å². The van der Waals surface area contributed by atoms with E-state index in [1.165, 1.54) is 44.8 Å². The quantitative estimate of drug-likeness (QED) is 0.0400. The first-order valence-electron chi connectivity index (χ1n) is 20.1. The van der Waals surface area contributed by atoms with Crippen LogP contribution in [0.15, 0.2) is 48.6 Å². The van der Waals surface area contributed by atoms with Crippen molar-refractivity contribution < 1.29 is 110 Å². The number of carbonyl (C=O) groups is 8. The first-order chi connectivity index (χ1) is 30.8. The molecule has 3 heterocycles. The van der Waals surface area contributed by atoms with Crippen molar-refractivity contribution in [3.8, 4) is 0 Å². The molecule has 6 amide bonds. The Kier molecular flexibility index (Phi) is 46.9. The van der Waals surface area contributed by atoms with Gasteiger partial charge in [-0.2, -0.15) is 0 Å². The van der Waals surface area contributed by atoms with Gasteiger partial charge in [-0.15, -0.1) is 11.6 Å². The topological polar surface area (TPSA) is 339 Å². The van der Waals surface area contributed by atoms with Crippen molar-refractivity contribution in [2.24, 2.45) is 11.5 Å². The summed E-state index contributed by atoms with van der Waals surface area (Å²) in [4.78, 5) is 89.6. The Balaban J connectivity index is -0.000000237. The molecule has 1 radical (unpaired) electrons. The van der Waals surface area contributed by atoms with E-state index in [9.17, 15) is 38.4 Å². The summed E-state index contributed by atoms with van der Waals surface area (Å²) in [6.07, 6.45) is -1.66. The third-order valence-electron chi connectivity index (χ3n) is 6.95. The van der Waals surface area contributed by atoms with E-state index in [1.54, 1.807) is 20.8 Å². The molecule has 0 aromatic heterocycles. The van der Waals surface area contributed by atoms with Gasteiger partial charge in [0.1, 0.15) is 25.7 Å². The molecule has 3 rings (SSSR count). The number of hydrogen-bond donors (Lipinski definition) is 8. The SMILES string of the molecule is C=C(C)C(=O)OC(=O)C(=C)C.C=C(C)C(=O)OC1CN(COC)C(=O)N(COC)C1.C=C(C)C(=O)OC1CNC(=O)NC1.CCCl.CCOC(C)=O.NCC(O)CN.O=C1NCC(O)CN1.[Y]. The summed E-state index contributed by atoms with van der Waals surface area (Å²) in [6, 6.07) is -0.635. The van der Waals surface area contributed by atoms with Gasteiger partial charge in [0.25, 0.3) is 0 Å². The zero-order valence-corrected chi connectivity index (χ0v) is 43.8. The van der Waals surface area contributed by atoms with Crippen LogP contribution in [-0.4, -0.2) is 185 Å². The molecule has 0 atom stereocenters. The number of rotatable bonds is 13. The van der Waals surface area contributed by atoms with Crippen LogP contribution < -0.4 is 32.7 Å². The molecular formula is C41H73ClN8O16Y. The minimum absolute atomic E-state index is 0. The number of amides is 6. The van der Waals surface area contributed by atoms with E-state index in [-0.39, 0.29) is 101 Å². The number of β-amino-alcohol motifs (C(OH)–C–C–N with tert-alkyl or cyclic N) is 1. The average Bonchev–Trinajstić information content (AvgIpc) is 3.25. The van der Waals surface area contributed by atoms with E-state index in [1.807, 2.05) is 6.92 Å². The Labute approximate surface area is 423 Å². The maximum absolute atomic E-state index is 12.0. The molecule has 0 aromatic carbocycles. The number of esters is 5. The molecule has 0 spiro atoms. The van der Waals surface area contributed by atoms with E-state index >= 15 is 0 Å². The van der Waals surface area contributed by atoms with Gasteiger partial charge in [0.15, 0.2) is 0 Å². The number of halogens is 1. The Hall–Kier alpha value is -4.53. The predicted octanol–water partition coefficient (Wildman–Crippen LogP) is 0.152. The number of aliphatic hydroxyl groups excluding tert-OH is 2. The van der Waals surface area contributed by atoms with Crippen LogP contribution in [0.25, 0.3) is 0 Å². The maximum atomic E-state index is 12.0. The zero-order valence-electron chi connectivity index (χ0n) is 40.2. The van der Waals surface area contributed by atoms with Gasteiger partial charge in [-0.1, -0.05) is 33.2 Å². The largest absolute Gasteiger partial charge is 0.466 e. The molecule has 0 aromatic rings. The summed E-state index contributed by atoms with van der Waals surface area (Å²) >= 11 is 5.00. The third kappa shape index (κ3) is 41.4. The van der Waals surface area contributed by atoms with Gasteiger partial charge in [0.05, 0.1) is 45.0 Å². The third-order valence-corrected chi connectivity index (χ3v) is 6.95. The van der Waals surface area contributed by atoms with E-state index in [0.717, 1.165) is 5.88 Å². The van der Waals surface area contributed by atoms with E-state index < -0.39 is 42.2 Å². The predicted molar refractivity (Wildman–Crippen MR) is 244 cm³/mol. The number of hydrogen-bond acceptors (Lipinski definition) is 18. The molecule has 0 aliphatic carbocycles. The Morgan fingerprint density at radius 1 is 0.687 bits per heavy atom. The number of methoxy groups -OCH3 is 2. The molecule has 3 aliphatic heterocycles. The van der Waals surface area contributed by atoms with E-state index in [0.29, 0.717) is 57.0 Å². The summed E-state index contributed by atoms with van der Waals surface area (Å²) in [5.41, 5.74) is 11.0. The van der Waals surface area contributed by atoms with Crippen molar-refractivity contribution in [2.75, 3.05) is 92.5 Å². The van der Waals surface area contributed by atoms with Crippen molar-refractivity contribution in [1.29, 1.82) is 0 Å². The molecule has 0 unspecified atom stereocenters. The first kappa shape index (κ1) is 71.5. The van der Waals surface area contributed by atoms with Crippen LogP contribution in [0.5, 0.6) is 0 Å². The Morgan fingerprint density at radius 2 is 1.01 bits per heavy atom. The molecule has 0 bridgehead atoms. The minimum atomic E-state index is -0.710. The van der Waals surface area contributed by atoms with Gasteiger partial charge >= 0.3 is 47.9 Å². The smallest absolute Gasteiger partial charge is 0.340 e. The number of aliphatic hydroxyl groups is 2. The van der Waals surface area contributed by atoms with Gasteiger partial charge in [-0.05, 0) is 34.6 Å². The molecule has 3 fully saturated rings. The summed E-state index contributed by atoms with van der Waals surface area (Å²) in [6.45, 7) is 28.1. The van der Waals surface area contributed by atoms with Gasteiger partial charge in [-0.25, -0.2) is 33.6 Å². The molecule has 26 heteroatoms. The monoisotopic (exact) mass is 1060 g/mol. The average molecular weight is 1060 g/mol. The number of nitrogens with zero attached hydrogens (tertiary/aromatic N) is 2. The first-order valence-corrected chi connectivity index (χ1v) is 20.7. The number of ether oxygens (including phenoxy) is 6. The van der Waals surface area contributed by atoms with Gasteiger partial charge < -0.3 is 71.4 Å². The standard InChI is InChI=1S/C12H20N2O5.C8H12N2O3.C8H10O3.C4H8N2O2.C4H8O2.C3H10N2O.C2H5Cl.Y/c1-9(2)11(15)19-10-5-13(7-17-3)12(16)14(6-10)8-18-4;1-5(2)7(11)13-6-3-9-8(12)10-4-6;1-5(2)7(9)11-8(10)6(3)4;7-3-1-5-4(8)6-2-3;1-3-6-4(2)5;4-1-3(6)2-5;1-2-3;/h10H,1,5-8H2,2-4H3;6H,1,3-4H2,2H3,(H2,9,10,12);1,3H2,2,4H3;3,7H,1-2H2,(H2,5,6,8);3H2,1-2H3;3,6H,1-2,4-5H2;2H2,1H3;. The van der Waals surface area contributed by atoms with Gasteiger partial charge in [0, 0.05) is 108 Å². The summed E-state index contributed by atoms with van der Waals surface area (Å²) in [5.74, 6) is -1.80. The number of nitrogens with one attached hydrogen (secondary N) is 4. The number of alkyl halides is 1. The second-order valence-corrected chi connectivity index (χ2v) is 14.1. The van der Waals surface area contributed by atoms with Crippen molar-refractivity contribution >= 4 is 59.5 Å². The van der Waals surface area contributed by atoms with Crippen LogP contribution in [0.3, 0.4) is 0 Å². The fourth-order valence-corrected chi connectivity index (χ4v) is 3.76. The molecule has 383 valence electrons. The van der Waals surface area contributed by atoms with Gasteiger partial charge in [0.2, 0.25) is 0 Å².